The van der Waals surface area contributed by atoms with Crippen molar-refractivity contribution < 1.29 is 18.6 Å². The Morgan fingerprint density at radius 2 is 2.00 bits per heavy atom. The quantitative estimate of drug-likeness (QED) is 0.782. The summed E-state index contributed by atoms with van der Waals surface area (Å²) in [5.41, 5.74) is 0.657. The third-order valence-corrected chi connectivity index (χ3v) is 3.62. The van der Waals surface area contributed by atoms with Crippen molar-refractivity contribution in [3.63, 3.8) is 0 Å². The lowest BCUT2D eigenvalue weighted by Crippen LogP contribution is -2.50. The maximum atomic E-state index is 12.1. The second-order valence-electron chi connectivity index (χ2n) is 4.41. The summed E-state index contributed by atoms with van der Waals surface area (Å²) in [4.78, 5) is 0.541. The lowest BCUT2D eigenvalue weighted by atomic mass is 9.87. The molecule has 100 valence electrons. The van der Waals surface area contributed by atoms with E-state index in [4.69, 9.17) is 4.74 Å². The summed E-state index contributed by atoms with van der Waals surface area (Å²) in [5, 5.41) is 12.4. The average Bonchev–Trinajstić information content (AvgIpc) is 2.30. The molecule has 1 aromatic carbocycles. The molecule has 0 aliphatic carbocycles. The molecule has 0 radical (unpaired) electrons. The van der Waals surface area contributed by atoms with Crippen LogP contribution in [0.3, 0.4) is 0 Å². The van der Waals surface area contributed by atoms with Crippen molar-refractivity contribution in [2.24, 2.45) is 5.41 Å². The normalized spacial score (nSPS) is 17.6. The van der Waals surface area contributed by atoms with Gasteiger partial charge in [-0.05, 0) is 24.3 Å². The molecule has 0 spiro atoms. The molecular weight excluding hydrogens is 260 g/mol. The van der Waals surface area contributed by atoms with Crippen LogP contribution in [0.4, 0.5) is 14.5 Å². The molecule has 0 unspecified atom stereocenters. The number of hydrogen-bond donors (Lipinski definition) is 2. The summed E-state index contributed by atoms with van der Waals surface area (Å²) in [7, 11) is 0. The first kappa shape index (κ1) is 13.6. The fraction of sp³-hybridized carbons (Fsp3) is 0.500. The van der Waals surface area contributed by atoms with E-state index in [2.05, 4.69) is 5.32 Å². The smallest absolute Gasteiger partial charge is 0.288 e. The number of rotatable bonds is 6. The van der Waals surface area contributed by atoms with E-state index in [0.717, 1.165) is 5.69 Å². The number of benzene rings is 1. The lowest BCUT2D eigenvalue weighted by Gasteiger charge is -2.40. The predicted molar refractivity (Wildman–Crippen MR) is 67.1 cm³/mol. The third kappa shape index (κ3) is 3.34. The molecule has 0 atom stereocenters. The Labute approximate surface area is 109 Å². The third-order valence-electron chi connectivity index (χ3n) is 2.90. The van der Waals surface area contributed by atoms with E-state index in [0.29, 0.717) is 36.4 Å². The number of aliphatic hydroxyl groups is 1. The predicted octanol–water partition coefficient (Wildman–Crippen LogP) is 2.42. The van der Waals surface area contributed by atoms with Gasteiger partial charge in [0.25, 0.3) is 5.76 Å². The van der Waals surface area contributed by atoms with Crippen molar-refractivity contribution in [3.8, 4) is 0 Å². The molecule has 1 heterocycles. The number of anilines is 1. The molecule has 1 aliphatic rings. The van der Waals surface area contributed by atoms with Gasteiger partial charge in [0.05, 0.1) is 25.2 Å². The Balaban J connectivity index is 1.86. The highest BCUT2D eigenvalue weighted by molar-refractivity contribution is 7.99. The van der Waals surface area contributed by atoms with E-state index in [1.54, 1.807) is 24.3 Å². The van der Waals surface area contributed by atoms with Crippen LogP contribution in [0.15, 0.2) is 29.2 Å². The zero-order valence-electron chi connectivity index (χ0n) is 9.73. The summed E-state index contributed by atoms with van der Waals surface area (Å²) < 4.78 is 29.4. The molecule has 0 aromatic heterocycles. The molecule has 3 nitrogen and oxygen atoms in total. The molecule has 18 heavy (non-hydrogen) atoms. The van der Waals surface area contributed by atoms with Gasteiger partial charge in [-0.2, -0.15) is 8.78 Å². The van der Waals surface area contributed by atoms with Gasteiger partial charge < -0.3 is 15.2 Å². The van der Waals surface area contributed by atoms with Crippen LogP contribution in [-0.4, -0.2) is 37.2 Å². The highest BCUT2D eigenvalue weighted by Gasteiger charge is 2.37. The SMILES string of the molecule is OCC1(CNc2ccc(SC(F)F)cc2)COC1. The van der Waals surface area contributed by atoms with Crippen LogP contribution in [0.25, 0.3) is 0 Å². The molecule has 2 rings (SSSR count). The van der Waals surface area contributed by atoms with Gasteiger partial charge in [-0.15, -0.1) is 0 Å². The van der Waals surface area contributed by atoms with Crippen molar-refractivity contribution >= 4 is 17.4 Å². The highest BCUT2D eigenvalue weighted by Crippen LogP contribution is 2.29. The Hall–Kier alpha value is -0.850. The zero-order chi connectivity index (χ0) is 13.0. The second kappa shape index (κ2) is 5.86. The van der Waals surface area contributed by atoms with E-state index in [9.17, 15) is 13.9 Å². The van der Waals surface area contributed by atoms with Crippen LogP contribution in [-0.2, 0) is 4.74 Å². The van der Waals surface area contributed by atoms with Gasteiger partial charge in [0, 0.05) is 17.1 Å². The molecule has 1 aliphatic heterocycles. The molecule has 1 aromatic rings. The van der Waals surface area contributed by atoms with Gasteiger partial charge in [0.1, 0.15) is 0 Å². The van der Waals surface area contributed by atoms with Crippen molar-refractivity contribution in [1.82, 2.24) is 0 Å². The molecule has 0 bridgehead atoms. The van der Waals surface area contributed by atoms with Crippen LogP contribution in [0.5, 0.6) is 0 Å². The number of hydrogen-bond acceptors (Lipinski definition) is 4. The second-order valence-corrected chi connectivity index (χ2v) is 5.47. The summed E-state index contributed by atoms with van der Waals surface area (Å²) in [6, 6.07) is 6.83. The standard InChI is InChI=1S/C12H15F2NO2S/c13-11(14)18-10-3-1-9(2-4-10)15-5-12(6-16)7-17-8-12/h1-4,11,15-16H,5-8H2. The van der Waals surface area contributed by atoms with E-state index in [1.165, 1.54) is 0 Å². The number of aliphatic hydroxyl groups excluding tert-OH is 1. The molecule has 1 fully saturated rings. The zero-order valence-corrected chi connectivity index (χ0v) is 10.6. The molecule has 1 saturated heterocycles. The summed E-state index contributed by atoms with van der Waals surface area (Å²) in [6.45, 7) is 1.80. The Bertz CT molecular complexity index is 377. The number of halogens is 2. The van der Waals surface area contributed by atoms with Crippen LogP contribution in [0.1, 0.15) is 0 Å². The Kier molecular flexibility index (Phi) is 4.42. The van der Waals surface area contributed by atoms with Crippen molar-refractivity contribution in [2.45, 2.75) is 10.7 Å². The minimum absolute atomic E-state index is 0.0827. The summed E-state index contributed by atoms with van der Waals surface area (Å²) >= 11 is 0.530. The maximum Gasteiger partial charge on any atom is 0.288 e. The van der Waals surface area contributed by atoms with Gasteiger partial charge in [-0.3, -0.25) is 0 Å². The van der Waals surface area contributed by atoms with E-state index in [-0.39, 0.29) is 12.0 Å². The van der Waals surface area contributed by atoms with Gasteiger partial charge in [-0.25, -0.2) is 0 Å². The summed E-state index contributed by atoms with van der Waals surface area (Å²) in [6.07, 6.45) is 0. The van der Waals surface area contributed by atoms with Gasteiger partial charge in [0.15, 0.2) is 0 Å². The van der Waals surface area contributed by atoms with Crippen molar-refractivity contribution in [1.29, 1.82) is 0 Å². The van der Waals surface area contributed by atoms with Gasteiger partial charge in [0.2, 0.25) is 0 Å². The number of alkyl halides is 2. The number of thioether (sulfide) groups is 1. The largest absolute Gasteiger partial charge is 0.396 e. The van der Waals surface area contributed by atoms with Crippen molar-refractivity contribution in [2.75, 3.05) is 31.7 Å². The maximum absolute atomic E-state index is 12.1. The van der Waals surface area contributed by atoms with Crippen molar-refractivity contribution in [3.05, 3.63) is 24.3 Å². The van der Waals surface area contributed by atoms with Crippen LogP contribution >= 0.6 is 11.8 Å². The first-order valence-electron chi connectivity index (χ1n) is 5.61. The van der Waals surface area contributed by atoms with Gasteiger partial charge in [-0.1, -0.05) is 11.8 Å². The molecule has 6 heteroatoms. The number of ether oxygens (including phenoxy) is 1. The van der Waals surface area contributed by atoms with Crippen LogP contribution in [0.2, 0.25) is 0 Å². The summed E-state index contributed by atoms with van der Waals surface area (Å²) in [5.74, 6) is -2.39. The van der Waals surface area contributed by atoms with Gasteiger partial charge >= 0.3 is 0 Å². The Morgan fingerprint density at radius 3 is 2.44 bits per heavy atom. The fourth-order valence-electron chi connectivity index (χ4n) is 1.68. The monoisotopic (exact) mass is 275 g/mol. The fourth-order valence-corrected chi connectivity index (χ4v) is 2.18. The molecule has 0 amide bonds. The number of nitrogens with one attached hydrogen (secondary N) is 1. The van der Waals surface area contributed by atoms with E-state index in [1.807, 2.05) is 0 Å². The minimum atomic E-state index is -2.39. The highest BCUT2D eigenvalue weighted by atomic mass is 32.2. The van der Waals surface area contributed by atoms with E-state index >= 15 is 0 Å². The molecule has 2 N–H and O–H groups in total. The van der Waals surface area contributed by atoms with Crippen LogP contribution in [0, 0.1) is 5.41 Å². The minimum Gasteiger partial charge on any atom is -0.396 e. The first-order chi connectivity index (χ1) is 8.63. The Morgan fingerprint density at radius 1 is 1.33 bits per heavy atom. The first-order valence-corrected chi connectivity index (χ1v) is 6.49. The van der Waals surface area contributed by atoms with E-state index < -0.39 is 5.76 Å². The lowest BCUT2D eigenvalue weighted by molar-refractivity contribution is -0.128. The average molecular weight is 275 g/mol. The molecular formula is C12H15F2NO2S. The molecule has 0 saturated carbocycles. The topological polar surface area (TPSA) is 41.5 Å². The van der Waals surface area contributed by atoms with Crippen LogP contribution < -0.4 is 5.32 Å².